The summed E-state index contributed by atoms with van der Waals surface area (Å²) in [6.45, 7) is 3.78. The van der Waals surface area contributed by atoms with Gasteiger partial charge >= 0.3 is 0 Å². The minimum atomic E-state index is 0. The molecule has 1 rings (SSSR count). The SMILES string of the molecule is [CH2-]c1cccc(I)c1.[Zn]. The largest absolute Gasteiger partial charge is 0.199 e. The molecule has 0 saturated heterocycles. The van der Waals surface area contributed by atoms with Crippen LogP contribution in [0.4, 0.5) is 0 Å². The molecule has 0 atom stereocenters. The van der Waals surface area contributed by atoms with Crippen molar-refractivity contribution in [2.75, 3.05) is 0 Å². The fraction of sp³-hybridized carbons (Fsp3) is 0. The molecular formula is C7H6IZn-. The van der Waals surface area contributed by atoms with Crippen molar-refractivity contribution in [3.63, 3.8) is 0 Å². The van der Waals surface area contributed by atoms with Crippen LogP contribution in [-0.4, -0.2) is 0 Å². The number of rotatable bonds is 0. The molecule has 0 aliphatic rings. The topological polar surface area (TPSA) is 0 Å². The summed E-state index contributed by atoms with van der Waals surface area (Å²) in [5, 5.41) is 0. The van der Waals surface area contributed by atoms with Crippen molar-refractivity contribution >= 4 is 22.6 Å². The fourth-order valence-corrected chi connectivity index (χ4v) is 1.14. The van der Waals surface area contributed by atoms with Gasteiger partial charge in [-0.2, -0.15) is 24.6 Å². The van der Waals surface area contributed by atoms with Crippen LogP contribution in [0.5, 0.6) is 0 Å². The molecule has 0 amide bonds. The molecule has 9 heavy (non-hydrogen) atoms. The Labute approximate surface area is 81.9 Å². The predicted molar refractivity (Wildman–Crippen MR) is 43.6 cm³/mol. The van der Waals surface area contributed by atoms with E-state index in [1.807, 2.05) is 18.2 Å². The molecule has 2 heteroatoms. The van der Waals surface area contributed by atoms with E-state index in [2.05, 4.69) is 35.6 Å². The average molecular weight is 282 g/mol. The molecule has 0 nitrogen and oxygen atoms in total. The van der Waals surface area contributed by atoms with Gasteiger partial charge in [-0.15, -0.1) is 6.07 Å². The van der Waals surface area contributed by atoms with Crippen LogP contribution in [-0.2, 0) is 19.5 Å². The van der Waals surface area contributed by atoms with E-state index in [4.69, 9.17) is 0 Å². The third-order valence-corrected chi connectivity index (χ3v) is 1.56. The first-order valence-electron chi connectivity index (χ1n) is 2.36. The van der Waals surface area contributed by atoms with Gasteiger partial charge in [-0.1, -0.05) is 28.7 Å². The summed E-state index contributed by atoms with van der Waals surface area (Å²) >= 11 is 2.27. The molecule has 44 valence electrons. The van der Waals surface area contributed by atoms with Crippen molar-refractivity contribution in [2.45, 2.75) is 0 Å². The summed E-state index contributed by atoms with van der Waals surface area (Å²) in [4.78, 5) is 0. The van der Waals surface area contributed by atoms with E-state index in [0.29, 0.717) is 0 Å². The second kappa shape index (κ2) is 4.29. The molecule has 0 fully saturated rings. The predicted octanol–water partition coefficient (Wildman–Crippen LogP) is 2.47. The molecule has 0 saturated carbocycles. The van der Waals surface area contributed by atoms with Gasteiger partial charge in [0.2, 0.25) is 0 Å². The monoisotopic (exact) mass is 281 g/mol. The Bertz CT molecular complexity index is 169. The van der Waals surface area contributed by atoms with Crippen molar-refractivity contribution < 1.29 is 19.5 Å². The molecule has 0 aromatic heterocycles. The van der Waals surface area contributed by atoms with Gasteiger partial charge in [-0.05, 0) is 3.57 Å². The summed E-state index contributed by atoms with van der Waals surface area (Å²) in [6, 6.07) is 8.09. The number of benzene rings is 1. The molecule has 1 aromatic rings. The van der Waals surface area contributed by atoms with E-state index in [9.17, 15) is 0 Å². The maximum absolute atomic E-state index is 3.78. The smallest absolute Gasteiger partial charge is 0 e. The molecule has 0 heterocycles. The Balaban J connectivity index is 0.000000640. The third-order valence-electron chi connectivity index (χ3n) is 0.889. The Morgan fingerprint density at radius 2 is 2.00 bits per heavy atom. The quantitative estimate of drug-likeness (QED) is 0.389. The van der Waals surface area contributed by atoms with E-state index in [0.717, 1.165) is 5.56 Å². The molecule has 0 spiro atoms. The van der Waals surface area contributed by atoms with Crippen molar-refractivity contribution in [1.29, 1.82) is 0 Å². The first kappa shape index (κ1) is 9.44. The zero-order chi connectivity index (χ0) is 5.98. The van der Waals surface area contributed by atoms with E-state index in [1.54, 1.807) is 0 Å². The second-order valence-corrected chi connectivity index (χ2v) is 2.88. The third kappa shape index (κ3) is 3.21. The van der Waals surface area contributed by atoms with Gasteiger partial charge in [0.15, 0.2) is 0 Å². The maximum atomic E-state index is 3.78. The van der Waals surface area contributed by atoms with Crippen molar-refractivity contribution in [3.8, 4) is 0 Å². The van der Waals surface area contributed by atoms with Crippen LogP contribution in [0, 0.1) is 10.5 Å². The molecule has 0 radical (unpaired) electrons. The van der Waals surface area contributed by atoms with E-state index >= 15 is 0 Å². The number of hydrogen-bond donors (Lipinski definition) is 0. The molecule has 0 bridgehead atoms. The Hall–Kier alpha value is 0.443. The van der Waals surface area contributed by atoms with Gasteiger partial charge in [-0.3, -0.25) is 0 Å². The maximum Gasteiger partial charge on any atom is 0 e. The summed E-state index contributed by atoms with van der Waals surface area (Å²) in [5.74, 6) is 0. The molecule has 0 aliphatic heterocycles. The molecule has 0 aliphatic carbocycles. The van der Waals surface area contributed by atoms with Crippen LogP contribution in [0.15, 0.2) is 24.3 Å². The Morgan fingerprint density at radius 3 is 2.33 bits per heavy atom. The van der Waals surface area contributed by atoms with Gasteiger partial charge < -0.3 is 0 Å². The Kier molecular flexibility index (Phi) is 4.50. The summed E-state index contributed by atoms with van der Waals surface area (Å²) < 4.78 is 1.25. The van der Waals surface area contributed by atoms with Crippen LogP contribution in [0.25, 0.3) is 0 Å². The molecule has 0 unspecified atom stereocenters. The van der Waals surface area contributed by atoms with Gasteiger partial charge in [-0.25, -0.2) is 0 Å². The van der Waals surface area contributed by atoms with Crippen LogP contribution in [0.1, 0.15) is 5.56 Å². The van der Waals surface area contributed by atoms with Crippen LogP contribution < -0.4 is 0 Å². The number of halogens is 1. The first-order valence-corrected chi connectivity index (χ1v) is 3.44. The summed E-state index contributed by atoms with van der Waals surface area (Å²) in [6.07, 6.45) is 0. The van der Waals surface area contributed by atoms with Gasteiger partial charge in [0.05, 0.1) is 0 Å². The minimum Gasteiger partial charge on any atom is -0.199 e. The van der Waals surface area contributed by atoms with Crippen LogP contribution >= 0.6 is 22.6 Å². The first-order chi connectivity index (χ1) is 3.79. The standard InChI is InChI=1S/C7H6I.Zn/c1-6-3-2-4-7(8)5-6;/h2-5H,1H2;/q-1;. The number of hydrogen-bond acceptors (Lipinski definition) is 0. The van der Waals surface area contributed by atoms with E-state index < -0.39 is 0 Å². The summed E-state index contributed by atoms with van der Waals surface area (Å²) in [5.41, 5.74) is 1.08. The molecular weight excluding hydrogens is 276 g/mol. The Morgan fingerprint density at radius 1 is 1.33 bits per heavy atom. The van der Waals surface area contributed by atoms with Crippen LogP contribution in [0.3, 0.4) is 0 Å². The van der Waals surface area contributed by atoms with Crippen molar-refractivity contribution in [3.05, 3.63) is 40.3 Å². The van der Waals surface area contributed by atoms with E-state index in [-0.39, 0.29) is 19.5 Å². The summed E-state index contributed by atoms with van der Waals surface area (Å²) in [7, 11) is 0. The van der Waals surface area contributed by atoms with Gasteiger partial charge in [0.25, 0.3) is 0 Å². The average Bonchev–Trinajstić information content (AvgIpc) is 1.64. The van der Waals surface area contributed by atoms with Crippen molar-refractivity contribution in [2.24, 2.45) is 0 Å². The van der Waals surface area contributed by atoms with Crippen LogP contribution in [0.2, 0.25) is 0 Å². The zero-order valence-corrected chi connectivity index (χ0v) is 10.2. The normalized spacial score (nSPS) is 8.11. The van der Waals surface area contributed by atoms with Gasteiger partial charge in [0.1, 0.15) is 0 Å². The molecule has 0 N–H and O–H groups in total. The fourth-order valence-electron chi connectivity index (χ4n) is 0.537. The van der Waals surface area contributed by atoms with Crippen molar-refractivity contribution in [1.82, 2.24) is 0 Å². The van der Waals surface area contributed by atoms with E-state index in [1.165, 1.54) is 3.57 Å². The van der Waals surface area contributed by atoms with Gasteiger partial charge in [0, 0.05) is 19.5 Å². The minimum absolute atomic E-state index is 0. The second-order valence-electron chi connectivity index (χ2n) is 1.63. The zero-order valence-electron chi connectivity index (χ0n) is 5.10. The molecule has 1 aromatic carbocycles.